The van der Waals surface area contributed by atoms with Gasteiger partial charge in [-0.2, -0.15) is 0 Å². The number of nitrogens with two attached hydrogens (primary N) is 1. The average Bonchev–Trinajstić information content (AvgIpc) is 2.80. The summed E-state index contributed by atoms with van der Waals surface area (Å²) in [5, 5.41) is 2.90. The molecule has 0 aliphatic carbocycles. The van der Waals surface area contributed by atoms with E-state index in [0.29, 0.717) is 13.2 Å². The van der Waals surface area contributed by atoms with Crippen LogP contribution in [-0.2, 0) is 16.2 Å². The SMILES string of the molecule is NC(=O)C1CCCN(CCCNC(=O)/C=C/c2ccc(OCc3ccccn3)cc2)C1. The Morgan fingerprint density at radius 1 is 1.23 bits per heavy atom. The highest BCUT2D eigenvalue weighted by Crippen LogP contribution is 2.16. The minimum absolute atomic E-state index is 0.0435. The number of benzene rings is 1. The van der Waals surface area contributed by atoms with Gasteiger partial charge in [-0.1, -0.05) is 18.2 Å². The third-order valence-electron chi connectivity index (χ3n) is 5.28. The molecule has 2 amide bonds. The van der Waals surface area contributed by atoms with Crippen molar-refractivity contribution in [3.63, 3.8) is 0 Å². The number of rotatable bonds is 10. The highest BCUT2D eigenvalue weighted by atomic mass is 16.5. The first-order chi connectivity index (χ1) is 15.1. The Kier molecular flexibility index (Phi) is 8.60. The molecule has 2 heterocycles. The van der Waals surface area contributed by atoms with Crippen molar-refractivity contribution in [2.24, 2.45) is 11.7 Å². The summed E-state index contributed by atoms with van der Waals surface area (Å²) < 4.78 is 5.71. The van der Waals surface area contributed by atoms with Crippen molar-refractivity contribution in [1.82, 2.24) is 15.2 Å². The summed E-state index contributed by atoms with van der Waals surface area (Å²) in [7, 11) is 0. The fourth-order valence-corrected chi connectivity index (χ4v) is 3.55. The quantitative estimate of drug-likeness (QED) is 0.453. The zero-order valence-electron chi connectivity index (χ0n) is 17.7. The lowest BCUT2D eigenvalue weighted by atomic mass is 9.97. The number of carbonyl (C=O) groups is 2. The largest absolute Gasteiger partial charge is 0.487 e. The molecule has 31 heavy (non-hydrogen) atoms. The van der Waals surface area contributed by atoms with E-state index in [0.717, 1.165) is 55.9 Å². The van der Waals surface area contributed by atoms with Gasteiger partial charge in [-0.05, 0) is 68.3 Å². The maximum Gasteiger partial charge on any atom is 0.243 e. The van der Waals surface area contributed by atoms with Crippen LogP contribution in [0.25, 0.3) is 6.08 Å². The molecule has 2 aromatic rings. The predicted molar refractivity (Wildman–Crippen MR) is 120 cm³/mol. The van der Waals surface area contributed by atoms with E-state index in [1.54, 1.807) is 12.3 Å². The first-order valence-electron chi connectivity index (χ1n) is 10.7. The maximum atomic E-state index is 12.0. The molecule has 1 aliphatic heterocycles. The molecule has 1 aromatic heterocycles. The highest BCUT2D eigenvalue weighted by Gasteiger charge is 2.23. The molecule has 7 heteroatoms. The molecule has 0 radical (unpaired) electrons. The van der Waals surface area contributed by atoms with Crippen LogP contribution in [0.2, 0.25) is 0 Å². The van der Waals surface area contributed by atoms with Crippen LogP contribution in [0, 0.1) is 5.92 Å². The van der Waals surface area contributed by atoms with Crippen LogP contribution >= 0.6 is 0 Å². The number of amides is 2. The fraction of sp³-hybridized carbons (Fsp3) is 0.375. The molecule has 1 fully saturated rings. The van der Waals surface area contributed by atoms with Crippen LogP contribution < -0.4 is 15.8 Å². The van der Waals surface area contributed by atoms with Crippen LogP contribution in [0.1, 0.15) is 30.5 Å². The molecule has 0 spiro atoms. The molecular weight excluding hydrogens is 392 g/mol. The Morgan fingerprint density at radius 2 is 2.06 bits per heavy atom. The van der Waals surface area contributed by atoms with E-state index in [9.17, 15) is 9.59 Å². The second-order valence-electron chi connectivity index (χ2n) is 7.70. The Balaban J connectivity index is 1.33. The van der Waals surface area contributed by atoms with E-state index in [1.807, 2.05) is 42.5 Å². The average molecular weight is 423 g/mol. The standard InChI is InChI=1S/C24H30N4O3/c25-24(30)20-5-3-15-28(17-20)16-4-14-27-23(29)12-9-19-7-10-22(11-8-19)31-18-21-6-1-2-13-26-21/h1-2,6-13,20H,3-5,14-18H2,(H2,25,30)(H,27,29)/b12-9+. The van der Waals surface area contributed by atoms with Gasteiger partial charge in [-0.3, -0.25) is 14.6 Å². The Morgan fingerprint density at radius 3 is 2.81 bits per heavy atom. The van der Waals surface area contributed by atoms with Crippen molar-refractivity contribution in [3.8, 4) is 5.75 Å². The summed E-state index contributed by atoms with van der Waals surface area (Å²) >= 11 is 0. The van der Waals surface area contributed by atoms with Gasteiger partial charge in [-0.15, -0.1) is 0 Å². The van der Waals surface area contributed by atoms with Gasteiger partial charge in [0.05, 0.1) is 11.6 Å². The van der Waals surface area contributed by atoms with Gasteiger partial charge in [0.2, 0.25) is 11.8 Å². The lowest BCUT2D eigenvalue weighted by molar-refractivity contribution is -0.123. The summed E-state index contributed by atoms with van der Waals surface area (Å²) in [6.45, 7) is 3.58. The number of aromatic nitrogens is 1. The van der Waals surface area contributed by atoms with Gasteiger partial charge < -0.3 is 20.7 Å². The summed E-state index contributed by atoms with van der Waals surface area (Å²) in [5.41, 5.74) is 7.21. The Hall–Kier alpha value is -3.19. The van der Waals surface area contributed by atoms with E-state index in [-0.39, 0.29) is 17.7 Å². The number of likely N-dealkylation sites (tertiary alicyclic amines) is 1. The first kappa shape index (κ1) is 22.5. The third-order valence-corrected chi connectivity index (χ3v) is 5.28. The second-order valence-corrected chi connectivity index (χ2v) is 7.70. The number of hydrogen-bond donors (Lipinski definition) is 2. The third kappa shape index (κ3) is 7.86. The highest BCUT2D eigenvalue weighted by molar-refractivity contribution is 5.91. The van der Waals surface area contributed by atoms with Crippen LogP contribution in [0.5, 0.6) is 5.75 Å². The van der Waals surface area contributed by atoms with Gasteiger partial charge in [0.1, 0.15) is 12.4 Å². The maximum absolute atomic E-state index is 12.0. The first-order valence-corrected chi connectivity index (χ1v) is 10.7. The summed E-state index contributed by atoms with van der Waals surface area (Å²) in [6, 6.07) is 13.3. The molecule has 1 unspecified atom stereocenters. The number of piperidine rings is 1. The van der Waals surface area contributed by atoms with Crippen LogP contribution in [-0.4, -0.2) is 47.9 Å². The molecule has 7 nitrogen and oxygen atoms in total. The molecule has 1 aliphatic rings. The molecule has 3 rings (SSSR count). The predicted octanol–water partition coefficient (Wildman–Crippen LogP) is 2.38. The van der Waals surface area contributed by atoms with Crippen molar-refractivity contribution in [3.05, 3.63) is 66.0 Å². The smallest absolute Gasteiger partial charge is 0.243 e. The molecule has 0 bridgehead atoms. The monoisotopic (exact) mass is 422 g/mol. The van der Waals surface area contributed by atoms with Crippen molar-refractivity contribution >= 4 is 17.9 Å². The molecular formula is C24H30N4O3. The van der Waals surface area contributed by atoms with E-state index in [2.05, 4.69) is 15.2 Å². The van der Waals surface area contributed by atoms with Crippen LogP contribution in [0.4, 0.5) is 0 Å². The number of carbonyl (C=O) groups excluding carboxylic acids is 2. The van der Waals surface area contributed by atoms with Crippen molar-refractivity contribution in [2.45, 2.75) is 25.9 Å². The fourth-order valence-electron chi connectivity index (χ4n) is 3.55. The number of primary amides is 1. The Labute approximate surface area is 183 Å². The van der Waals surface area contributed by atoms with Crippen molar-refractivity contribution in [1.29, 1.82) is 0 Å². The van der Waals surface area contributed by atoms with Crippen LogP contribution in [0.3, 0.4) is 0 Å². The Bertz CT molecular complexity index is 868. The van der Waals surface area contributed by atoms with Gasteiger partial charge in [0.25, 0.3) is 0 Å². The van der Waals surface area contributed by atoms with Gasteiger partial charge in [0.15, 0.2) is 0 Å². The minimum Gasteiger partial charge on any atom is -0.487 e. The molecule has 164 valence electrons. The molecule has 0 saturated carbocycles. The molecule has 1 aromatic carbocycles. The molecule has 1 saturated heterocycles. The van der Waals surface area contributed by atoms with Crippen molar-refractivity contribution in [2.75, 3.05) is 26.2 Å². The van der Waals surface area contributed by atoms with E-state index < -0.39 is 0 Å². The minimum atomic E-state index is -0.212. The van der Waals surface area contributed by atoms with Gasteiger partial charge in [0, 0.05) is 25.4 Å². The lowest BCUT2D eigenvalue weighted by Gasteiger charge is -2.31. The van der Waals surface area contributed by atoms with E-state index >= 15 is 0 Å². The number of ether oxygens (including phenoxy) is 1. The van der Waals surface area contributed by atoms with E-state index in [1.165, 1.54) is 6.08 Å². The molecule has 1 atom stereocenters. The zero-order valence-corrected chi connectivity index (χ0v) is 17.7. The summed E-state index contributed by atoms with van der Waals surface area (Å²) in [5.74, 6) is 0.377. The number of hydrogen-bond acceptors (Lipinski definition) is 5. The number of pyridine rings is 1. The number of nitrogens with one attached hydrogen (secondary N) is 1. The second kappa shape index (κ2) is 11.9. The van der Waals surface area contributed by atoms with Crippen molar-refractivity contribution < 1.29 is 14.3 Å². The lowest BCUT2D eigenvalue weighted by Crippen LogP contribution is -2.42. The zero-order chi connectivity index (χ0) is 21.9. The normalized spacial score (nSPS) is 16.8. The topological polar surface area (TPSA) is 97.6 Å². The molecule has 3 N–H and O–H groups in total. The van der Waals surface area contributed by atoms with Gasteiger partial charge in [-0.25, -0.2) is 0 Å². The van der Waals surface area contributed by atoms with E-state index in [4.69, 9.17) is 10.5 Å². The summed E-state index contributed by atoms with van der Waals surface area (Å²) in [6.07, 6.45) is 7.77. The number of nitrogens with zero attached hydrogens (tertiary/aromatic N) is 2. The van der Waals surface area contributed by atoms with Gasteiger partial charge >= 0.3 is 0 Å². The van der Waals surface area contributed by atoms with Crippen LogP contribution in [0.15, 0.2) is 54.7 Å². The summed E-state index contributed by atoms with van der Waals surface area (Å²) in [4.78, 5) is 29.8.